The highest BCUT2D eigenvalue weighted by molar-refractivity contribution is 4.94. The molecule has 0 amide bonds. The third-order valence-electron chi connectivity index (χ3n) is 5.93. The van der Waals surface area contributed by atoms with E-state index >= 15 is 0 Å². The Hall–Kier alpha value is -0.240. The Morgan fingerprint density at radius 1 is 0.840 bits per heavy atom. The molecule has 150 valence electrons. The average Bonchev–Trinajstić information content (AvgIpc) is 2.63. The van der Waals surface area contributed by atoms with Gasteiger partial charge in [-0.25, -0.2) is 0 Å². The van der Waals surface area contributed by atoms with E-state index in [2.05, 4.69) is 6.92 Å². The van der Waals surface area contributed by atoms with Crippen LogP contribution in [-0.4, -0.2) is 62.3 Å². The summed E-state index contributed by atoms with van der Waals surface area (Å²) in [6.07, 6.45) is -1.25. The van der Waals surface area contributed by atoms with E-state index in [-0.39, 0.29) is 6.42 Å². The molecule has 1 rings (SSSR count). The molecule has 1 aliphatic heterocycles. The van der Waals surface area contributed by atoms with Crippen LogP contribution in [0.4, 0.5) is 0 Å². The van der Waals surface area contributed by atoms with E-state index in [1.54, 1.807) is 0 Å². The van der Waals surface area contributed by atoms with Gasteiger partial charge >= 0.3 is 0 Å². The number of hydrogen-bond acceptors (Lipinski definition) is 6. The average molecular weight is 363 g/mol. The number of ether oxygens (including phenoxy) is 2. The lowest BCUT2D eigenvalue weighted by Crippen LogP contribution is -2.61. The van der Waals surface area contributed by atoms with Gasteiger partial charge in [0.25, 0.3) is 0 Å². The summed E-state index contributed by atoms with van der Waals surface area (Å²) in [6.45, 7) is 9.89. The summed E-state index contributed by atoms with van der Waals surface area (Å²) in [7, 11) is 0. The molecule has 1 heterocycles. The van der Waals surface area contributed by atoms with Crippen LogP contribution in [0.1, 0.15) is 79.6 Å². The second kappa shape index (κ2) is 9.62. The van der Waals surface area contributed by atoms with E-state index in [9.17, 15) is 20.4 Å². The summed E-state index contributed by atoms with van der Waals surface area (Å²) < 4.78 is 12.0. The first kappa shape index (κ1) is 22.8. The van der Waals surface area contributed by atoms with Crippen LogP contribution in [0.15, 0.2) is 0 Å². The fourth-order valence-corrected chi connectivity index (χ4v) is 3.63. The summed E-state index contributed by atoms with van der Waals surface area (Å²) in [5.74, 6) is 0. The number of hydrogen-bond donors (Lipinski definition) is 4. The van der Waals surface area contributed by atoms with E-state index < -0.39 is 41.9 Å². The lowest BCUT2D eigenvalue weighted by atomic mass is 9.85. The lowest BCUT2D eigenvalue weighted by molar-refractivity contribution is -0.330. The Bertz CT molecular complexity index is 380. The van der Waals surface area contributed by atoms with Crippen molar-refractivity contribution in [3.05, 3.63) is 0 Å². The predicted molar refractivity (Wildman–Crippen MR) is 96.1 cm³/mol. The van der Waals surface area contributed by atoms with Crippen molar-refractivity contribution in [2.45, 2.75) is 121 Å². The SMILES string of the molecule is CCCC(CC)(CC)OC1OC(CC(O)(CC)CC)C(O)C(O)C1O. The van der Waals surface area contributed by atoms with Gasteiger partial charge in [0.05, 0.1) is 17.3 Å². The smallest absolute Gasteiger partial charge is 0.187 e. The first-order chi connectivity index (χ1) is 11.7. The van der Waals surface area contributed by atoms with Gasteiger partial charge in [0.15, 0.2) is 6.29 Å². The van der Waals surface area contributed by atoms with E-state index in [0.29, 0.717) is 12.8 Å². The third kappa shape index (κ3) is 5.37. The molecule has 1 aliphatic rings. The molecule has 0 radical (unpaired) electrons. The standard InChI is InChI=1S/C19H38O6/c1-6-11-19(9-4,10-5)25-17-16(22)15(21)14(20)13(24-17)12-18(23,7-2)8-3/h13-17,20-23H,6-12H2,1-5H3. The molecule has 0 aliphatic carbocycles. The van der Waals surface area contributed by atoms with Gasteiger partial charge in [0, 0.05) is 6.42 Å². The molecular weight excluding hydrogens is 324 g/mol. The number of aliphatic hydroxyl groups excluding tert-OH is 3. The van der Waals surface area contributed by atoms with Gasteiger partial charge in [0.2, 0.25) is 0 Å². The largest absolute Gasteiger partial charge is 0.390 e. The molecule has 1 fully saturated rings. The molecule has 6 nitrogen and oxygen atoms in total. The van der Waals surface area contributed by atoms with Crippen LogP contribution in [-0.2, 0) is 9.47 Å². The highest BCUT2D eigenvalue weighted by Gasteiger charge is 2.48. The molecule has 0 saturated carbocycles. The third-order valence-corrected chi connectivity index (χ3v) is 5.93. The minimum absolute atomic E-state index is 0.184. The minimum Gasteiger partial charge on any atom is -0.390 e. The first-order valence-electron chi connectivity index (χ1n) is 9.81. The van der Waals surface area contributed by atoms with Gasteiger partial charge < -0.3 is 29.9 Å². The van der Waals surface area contributed by atoms with Crippen LogP contribution in [0.3, 0.4) is 0 Å². The Kier molecular flexibility index (Phi) is 8.78. The molecule has 0 spiro atoms. The van der Waals surface area contributed by atoms with Crippen LogP contribution >= 0.6 is 0 Å². The monoisotopic (exact) mass is 362 g/mol. The Balaban J connectivity index is 2.96. The maximum absolute atomic E-state index is 10.6. The van der Waals surface area contributed by atoms with Gasteiger partial charge in [-0.3, -0.25) is 0 Å². The van der Waals surface area contributed by atoms with Crippen molar-refractivity contribution in [2.24, 2.45) is 0 Å². The lowest BCUT2D eigenvalue weighted by Gasteiger charge is -2.46. The topological polar surface area (TPSA) is 99.4 Å². The van der Waals surface area contributed by atoms with Gasteiger partial charge in [0.1, 0.15) is 18.3 Å². The molecule has 0 aromatic rings. The molecule has 5 atom stereocenters. The van der Waals surface area contributed by atoms with Crippen LogP contribution < -0.4 is 0 Å². The van der Waals surface area contributed by atoms with Crippen molar-refractivity contribution < 1.29 is 29.9 Å². The first-order valence-corrected chi connectivity index (χ1v) is 9.81. The van der Waals surface area contributed by atoms with E-state index in [1.807, 2.05) is 27.7 Å². The molecule has 4 N–H and O–H groups in total. The van der Waals surface area contributed by atoms with Crippen molar-refractivity contribution in [3.63, 3.8) is 0 Å². The maximum atomic E-state index is 10.6. The van der Waals surface area contributed by atoms with Gasteiger partial charge in [-0.15, -0.1) is 0 Å². The zero-order chi connectivity index (χ0) is 19.3. The Labute approximate surface area is 152 Å². The Morgan fingerprint density at radius 2 is 1.40 bits per heavy atom. The quantitative estimate of drug-likeness (QED) is 0.475. The van der Waals surface area contributed by atoms with Crippen LogP contribution in [0, 0.1) is 0 Å². The normalized spacial score (nSPS) is 31.3. The predicted octanol–water partition coefficient (Wildman–Crippen LogP) is 2.11. The number of rotatable bonds is 10. The Morgan fingerprint density at radius 3 is 1.84 bits per heavy atom. The molecule has 0 aromatic heterocycles. The van der Waals surface area contributed by atoms with Gasteiger partial charge in [-0.1, -0.05) is 41.0 Å². The van der Waals surface area contributed by atoms with E-state index in [4.69, 9.17) is 9.47 Å². The summed E-state index contributed by atoms with van der Waals surface area (Å²) in [4.78, 5) is 0. The molecule has 0 aromatic carbocycles. The van der Waals surface area contributed by atoms with Crippen molar-refractivity contribution in [3.8, 4) is 0 Å². The maximum Gasteiger partial charge on any atom is 0.187 e. The van der Waals surface area contributed by atoms with Gasteiger partial charge in [-0.05, 0) is 32.1 Å². The van der Waals surface area contributed by atoms with Crippen molar-refractivity contribution in [1.82, 2.24) is 0 Å². The molecule has 6 heteroatoms. The summed E-state index contributed by atoms with van der Waals surface area (Å²) in [6, 6.07) is 0. The fourth-order valence-electron chi connectivity index (χ4n) is 3.63. The zero-order valence-electron chi connectivity index (χ0n) is 16.4. The van der Waals surface area contributed by atoms with Crippen LogP contribution in [0.2, 0.25) is 0 Å². The second-order valence-electron chi connectivity index (χ2n) is 7.41. The molecule has 25 heavy (non-hydrogen) atoms. The summed E-state index contributed by atoms with van der Waals surface area (Å²) in [5, 5.41) is 41.5. The molecular formula is C19H38O6. The molecule has 5 unspecified atom stereocenters. The van der Waals surface area contributed by atoms with Crippen molar-refractivity contribution >= 4 is 0 Å². The number of aliphatic hydroxyl groups is 4. The second-order valence-corrected chi connectivity index (χ2v) is 7.41. The summed E-state index contributed by atoms with van der Waals surface area (Å²) in [5.41, 5.74) is -1.41. The van der Waals surface area contributed by atoms with Crippen molar-refractivity contribution in [1.29, 1.82) is 0 Å². The highest BCUT2D eigenvalue weighted by Crippen LogP contribution is 2.35. The fraction of sp³-hybridized carbons (Fsp3) is 1.00. The molecule has 0 bridgehead atoms. The van der Waals surface area contributed by atoms with Crippen LogP contribution in [0.5, 0.6) is 0 Å². The van der Waals surface area contributed by atoms with E-state index in [1.165, 1.54) is 0 Å². The zero-order valence-corrected chi connectivity index (χ0v) is 16.4. The van der Waals surface area contributed by atoms with E-state index in [0.717, 1.165) is 25.7 Å². The van der Waals surface area contributed by atoms with Gasteiger partial charge in [-0.2, -0.15) is 0 Å². The summed E-state index contributed by atoms with van der Waals surface area (Å²) >= 11 is 0. The van der Waals surface area contributed by atoms with Crippen LogP contribution in [0.25, 0.3) is 0 Å². The minimum atomic E-state index is -1.37. The highest BCUT2D eigenvalue weighted by atomic mass is 16.7. The molecule has 1 saturated heterocycles. The van der Waals surface area contributed by atoms with Crippen molar-refractivity contribution in [2.75, 3.05) is 0 Å².